The maximum Gasteiger partial charge on any atom is 0.127 e. The molecule has 1 aliphatic rings. The summed E-state index contributed by atoms with van der Waals surface area (Å²) in [6.07, 6.45) is 2.55. The minimum Gasteiger partial charge on any atom is -0.378 e. The van der Waals surface area contributed by atoms with Crippen molar-refractivity contribution in [1.29, 1.82) is 0 Å². The summed E-state index contributed by atoms with van der Waals surface area (Å²) in [4.78, 5) is 0. The summed E-state index contributed by atoms with van der Waals surface area (Å²) in [6.45, 7) is 2.83. The Bertz CT molecular complexity index is 410. The van der Waals surface area contributed by atoms with E-state index in [0.717, 1.165) is 19.4 Å². The first kappa shape index (κ1) is 14.7. The Morgan fingerprint density at radius 2 is 2.37 bits per heavy atom. The van der Waals surface area contributed by atoms with Crippen molar-refractivity contribution in [3.63, 3.8) is 0 Å². The van der Waals surface area contributed by atoms with Gasteiger partial charge in [0.1, 0.15) is 5.82 Å². The predicted molar refractivity (Wildman–Crippen MR) is 74.4 cm³/mol. The third-order valence-corrected chi connectivity index (χ3v) is 4.23. The van der Waals surface area contributed by atoms with E-state index < -0.39 is 0 Å². The molecule has 1 fully saturated rings. The second-order valence-corrected chi connectivity index (χ2v) is 5.35. The van der Waals surface area contributed by atoms with E-state index in [9.17, 15) is 4.39 Å². The molecule has 0 spiro atoms. The number of hydrogen-bond donors (Lipinski definition) is 2. The van der Waals surface area contributed by atoms with Crippen molar-refractivity contribution < 1.29 is 9.13 Å². The molecule has 1 aliphatic heterocycles. The fourth-order valence-electron chi connectivity index (χ4n) is 2.83. The molecule has 0 amide bonds. The summed E-state index contributed by atoms with van der Waals surface area (Å²) in [5.74, 6) is 5.67. The van der Waals surface area contributed by atoms with E-state index in [1.54, 1.807) is 12.1 Å². The minimum atomic E-state index is -0.278. The highest BCUT2D eigenvalue weighted by atomic mass is 35.5. The minimum absolute atomic E-state index is 0.0261. The van der Waals surface area contributed by atoms with Crippen LogP contribution in [-0.4, -0.2) is 18.8 Å². The molecule has 3 N–H and O–H groups in total. The average molecular weight is 287 g/mol. The van der Waals surface area contributed by atoms with Crippen LogP contribution < -0.4 is 11.3 Å². The van der Waals surface area contributed by atoms with Crippen LogP contribution in [0.4, 0.5) is 4.39 Å². The van der Waals surface area contributed by atoms with E-state index in [1.165, 1.54) is 6.07 Å². The van der Waals surface area contributed by atoms with Crippen LogP contribution in [0.5, 0.6) is 0 Å². The number of halogens is 2. The first-order chi connectivity index (χ1) is 9.17. The highest BCUT2D eigenvalue weighted by Crippen LogP contribution is 2.30. The maximum absolute atomic E-state index is 13.8. The van der Waals surface area contributed by atoms with Crippen LogP contribution in [0.25, 0.3) is 0 Å². The zero-order valence-electron chi connectivity index (χ0n) is 11.0. The number of nitrogens with two attached hydrogens (primary N) is 1. The van der Waals surface area contributed by atoms with Gasteiger partial charge in [-0.25, -0.2) is 4.39 Å². The normalized spacial score (nSPS) is 24.6. The largest absolute Gasteiger partial charge is 0.378 e. The summed E-state index contributed by atoms with van der Waals surface area (Å²) in [5, 5.41) is 0.451. The number of ether oxygens (including phenoxy) is 1. The van der Waals surface area contributed by atoms with E-state index in [2.05, 4.69) is 12.3 Å². The van der Waals surface area contributed by atoms with E-state index in [4.69, 9.17) is 22.2 Å². The molecule has 0 bridgehead atoms. The van der Waals surface area contributed by atoms with Crippen LogP contribution in [0.15, 0.2) is 18.2 Å². The Kier molecular flexibility index (Phi) is 5.16. The van der Waals surface area contributed by atoms with Gasteiger partial charge in [0.15, 0.2) is 0 Å². The monoisotopic (exact) mass is 286 g/mol. The molecule has 3 unspecified atom stereocenters. The summed E-state index contributed by atoms with van der Waals surface area (Å²) in [6, 6.07) is 4.72. The van der Waals surface area contributed by atoms with Gasteiger partial charge in [-0.2, -0.15) is 0 Å². The van der Waals surface area contributed by atoms with E-state index in [-0.39, 0.29) is 18.0 Å². The average Bonchev–Trinajstić information content (AvgIpc) is 2.87. The highest BCUT2D eigenvalue weighted by Gasteiger charge is 2.33. The first-order valence-corrected chi connectivity index (χ1v) is 7.05. The SMILES string of the molecule is CCC1OCCC1C(Cc1c(F)cccc1Cl)NN. The second-order valence-electron chi connectivity index (χ2n) is 4.95. The lowest BCUT2D eigenvalue weighted by Gasteiger charge is -2.27. The topological polar surface area (TPSA) is 47.3 Å². The Morgan fingerprint density at radius 3 is 3.00 bits per heavy atom. The quantitative estimate of drug-likeness (QED) is 0.646. The molecule has 19 heavy (non-hydrogen) atoms. The molecule has 2 rings (SSSR count). The zero-order chi connectivity index (χ0) is 13.8. The maximum atomic E-state index is 13.8. The molecular formula is C14H20ClFN2O. The summed E-state index contributed by atoms with van der Waals surface area (Å²) in [7, 11) is 0. The van der Waals surface area contributed by atoms with Crippen LogP contribution in [0.1, 0.15) is 25.3 Å². The van der Waals surface area contributed by atoms with Gasteiger partial charge in [-0.15, -0.1) is 0 Å². The van der Waals surface area contributed by atoms with Gasteiger partial charge in [0, 0.05) is 29.2 Å². The van der Waals surface area contributed by atoms with Gasteiger partial charge in [0.05, 0.1) is 6.10 Å². The summed E-state index contributed by atoms with van der Waals surface area (Å²) >= 11 is 6.07. The number of nitrogens with one attached hydrogen (secondary N) is 1. The van der Waals surface area contributed by atoms with Crippen LogP contribution in [0.2, 0.25) is 5.02 Å². The van der Waals surface area contributed by atoms with Gasteiger partial charge in [-0.1, -0.05) is 24.6 Å². The summed E-state index contributed by atoms with van der Waals surface area (Å²) < 4.78 is 19.5. The Labute approximate surface area is 118 Å². The third-order valence-electron chi connectivity index (χ3n) is 3.88. The predicted octanol–water partition coefficient (Wildman–Crippen LogP) is 2.67. The molecule has 3 atom stereocenters. The van der Waals surface area contributed by atoms with Crippen LogP contribution in [-0.2, 0) is 11.2 Å². The molecule has 0 aliphatic carbocycles. The number of benzene rings is 1. The number of hydrogen-bond acceptors (Lipinski definition) is 3. The molecule has 1 aromatic rings. The molecule has 5 heteroatoms. The Hall–Kier alpha value is -0.680. The molecule has 1 saturated heterocycles. The Balaban J connectivity index is 2.15. The van der Waals surface area contributed by atoms with Crippen molar-refractivity contribution in [2.75, 3.05) is 6.61 Å². The van der Waals surface area contributed by atoms with Crippen LogP contribution in [0, 0.1) is 11.7 Å². The van der Waals surface area contributed by atoms with Crippen molar-refractivity contribution in [1.82, 2.24) is 5.43 Å². The van der Waals surface area contributed by atoms with Crippen molar-refractivity contribution >= 4 is 11.6 Å². The molecule has 1 aromatic carbocycles. The molecule has 0 radical (unpaired) electrons. The lowest BCUT2D eigenvalue weighted by atomic mass is 9.87. The molecule has 106 valence electrons. The summed E-state index contributed by atoms with van der Waals surface area (Å²) in [5.41, 5.74) is 3.33. The van der Waals surface area contributed by atoms with Gasteiger partial charge in [0.2, 0.25) is 0 Å². The highest BCUT2D eigenvalue weighted by molar-refractivity contribution is 6.31. The van der Waals surface area contributed by atoms with Crippen LogP contribution >= 0.6 is 11.6 Å². The standard InChI is InChI=1S/C14H20ClFN2O/c1-2-14-9(6-7-19-14)13(18-17)8-10-11(15)4-3-5-12(10)16/h3-5,9,13-14,18H,2,6-8,17H2,1H3. The van der Waals surface area contributed by atoms with Gasteiger partial charge in [-0.3, -0.25) is 11.3 Å². The second kappa shape index (κ2) is 6.66. The van der Waals surface area contributed by atoms with Gasteiger partial charge in [0.25, 0.3) is 0 Å². The van der Waals surface area contributed by atoms with E-state index in [0.29, 0.717) is 22.9 Å². The molecule has 0 saturated carbocycles. The molecule has 0 aromatic heterocycles. The van der Waals surface area contributed by atoms with Gasteiger partial charge in [-0.05, 0) is 31.4 Å². The zero-order valence-corrected chi connectivity index (χ0v) is 11.8. The van der Waals surface area contributed by atoms with Crippen LogP contribution in [0.3, 0.4) is 0 Å². The number of hydrazine groups is 1. The lowest BCUT2D eigenvalue weighted by Crippen LogP contribution is -2.45. The molecule has 1 heterocycles. The van der Waals surface area contributed by atoms with Gasteiger partial charge < -0.3 is 4.74 Å². The van der Waals surface area contributed by atoms with Crippen molar-refractivity contribution in [3.05, 3.63) is 34.6 Å². The molecule has 3 nitrogen and oxygen atoms in total. The lowest BCUT2D eigenvalue weighted by molar-refractivity contribution is 0.0774. The smallest absolute Gasteiger partial charge is 0.127 e. The third kappa shape index (κ3) is 3.26. The van der Waals surface area contributed by atoms with Crippen molar-refractivity contribution in [3.8, 4) is 0 Å². The van der Waals surface area contributed by atoms with Crippen molar-refractivity contribution in [2.45, 2.75) is 38.3 Å². The first-order valence-electron chi connectivity index (χ1n) is 6.68. The fourth-order valence-corrected chi connectivity index (χ4v) is 3.07. The Morgan fingerprint density at radius 1 is 1.58 bits per heavy atom. The fraction of sp³-hybridized carbons (Fsp3) is 0.571. The molecular weight excluding hydrogens is 267 g/mol. The van der Waals surface area contributed by atoms with Crippen molar-refractivity contribution in [2.24, 2.45) is 11.8 Å². The van der Waals surface area contributed by atoms with E-state index >= 15 is 0 Å². The van der Waals surface area contributed by atoms with E-state index in [1.807, 2.05) is 0 Å². The number of rotatable bonds is 5. The van der Waals surface area contributed by atoms with Gasteiger partial charge >= 0.3 is 0 Å².